The van der Waals surface area contributed by atoms with Crippen LogP contribution in [0.2, 0.25) is 0 Å². The van der Waals surface area contributed by atoms with Gasteiger partial charge in [0.1, 0.15) is 5.75 Å². The topological polar surface area (TPSA) is 49.7 Å². The molecular weight excluding hydrogens is 308 g/mol. The lowest BCUT2D eigenvalue weighted by molar-refractivity contribution is -0.0435. The maximum Gasteiger partial charge on any atom is 0.125 e. The molecule has 1 aliphatic heterocycles. The largest absolute Gasteiger partial charge is 0.493 e. The van der Waals surface area contributed by atoms with Crippen molar-refractivity contribution in [1.29, 1.82) is 0 Å². The van der Waals surface area contributed by atoms with E-state index in [0.717, 1.165) is 22.2 Å². The molecule has 0 saturated carbocycles. The highest BCUT2D eigenvalue weighted by molar-refractivity contribution is 9.10. The molecule has 1 heterocycles. The molecule has 2 N–H and O–H groups in total. The van der Waals surface area contributed by atoms with Crippen LogP contribution in [0, 0.1) is 5.41 Å². The molecule has 106 valence electrons. The normalized spacial score (nSPS) is 17.8. The SMILES string of the molecule is CC(C)(C)C(O)C(O)Cc1cc(Br)cc2c1OCC2. The smallest absolute Gasteiger partial charge is 0.125 e. The molecule has 0 amide bonds. The van der Waals surface area contributed by atoms with E-state index in [0.29, 0.717) is 13.0 Å². The molecule has 1 aliphatic rings. The summed E-state index contributed by atoms with van der Waals surface area (Å²) < 4.78 is 6.63. The Bertz CT molecular complexity index is 465. The van der Waals surface area contributed by atoms with E-state index in [1.807, 2.05) is 26.8 Å². The second-order valence-electron chi connectivity index (χ2n) is 6.23. The Kier molecular flexibility index (Phi) is 4.23. The molecule has 0 saturated heterocycles. The second kappa shape index (κ2) is 5.43. The van der Waals surface area contributed by atoms with Gasteiger partial charge in [-0.25, -0.2) is 0 Å². The van der Waals surface area contributed by atoms with Crippen molar-refractivity contribution in [3.05, 3.63) is 27.7 Å². The molecule has 0 bridgehead atoms. The highest BCUT2D eigenvalue weighted by Crippen LogP contribution is 2.34. The number of hydrogen-bond acceptors (Lipinski definition) is 3. The van der Waals surface area contributed by atoms with E-state index in [1.54, 1.807) is 0 Å². The minimum absolute atomic E-state index is 0.338. The van der Waals surface area contributed by atoms with E-state index in [-0.39, 0.29) is 5.41 Å². The molecule has 0 aliphatic carbocycles. The average Bonchev–Trinajstić information content (AvgIpc) is 2.74. The van der Waals surface area contributed by atoms with Gasteiger partial charge in [0.2, 0.25) is 0 Å². The number of halogens is 1. The molecule has 0 spiro atoms. The zero-order valence-electron chi connectivity index (χ0n) is 11.6. The Morgan fingerprint density at radius 1 is 1.32 bits per heavy atom. The van der Waals surface area contributed by atoms with Crippen molar-refractivity contribution in [2.24, 2.45) is 5.41 Å². The molecule has 1 aromatic rings. The van der Waals surface area contributed by atoms with E-state index < -0.39 is 12.2 Å². The second-order valence-corrected chi connectivity index (χ2v) is 7.15. The number of ether oxygens (including phenoxy) is 1. The van der Waals surface area contributed by atoms with Crippen molar-refractivity contribution in [2.45, 2.75) is 45.8 Å². The van der Waals surface area contributed by atoms with Crippen LogP contribution >= 0.6 is 15.9 Å². The summed E-state index contributed by atoms with van der Waals surface area (Å²) in [5, 5.41) is 20.3. The highest BCUT2D eigenvalue weighted by Gasteiger charge is 2.30. The third kappa shape index (κ3) is 3.30. The van der Waals surface area contributed by atoms with E-state index in [4.69, 9.17) is 4.74 Å². The van der Waals surface area contributed by atoms with Crippen molar-refractivity contribution in [3.8, 4) is 5.75 Å². The van der Waals surface area contributed by atoms with Crippen LogP contribution in [-0.2, 0) is 12.8 Å². The summed E-state index contributed by atoms with van der Waals surface area (Å²) in [5.41, 5.74) is 1.79. The van der Waals surface area contributed by atoms with Gasteiger partial charge in [0.05, 0.1) is 18.8 Å². The fourth-order valence-corrected chi connectivity index (χ4v) is 2.96. The van der Waals surface area contributed by atoms with E-state index in [2.05, 4.69) is 22.0 Å². The van der Waals surface area contributed by atoms with Gasteiger partial charge in [-0.05, 0) is 28.7 Å². The summed E-state index contributed by atoms with van der Waals surface area (Å²) >= 11 is 3.48. The van der Waals surface area contributed by atoms with Crippen molar-refractivity contribution < 1.29 is 14.9 Å². The zero-order chi connectivity index (χ0) is 14.2. The maximum atomic E-state index is 10.2. The first-order valence-corrected chi connectivity index (χ1v) is 7.38. The van der Waals surface area contributed by atoms with Gasteiger partial charge in [-0.3, -0.25) is 0 Å². The van der Waals surface area contributed by atoms with Gasteiger partial charge >= 0.3 is 0 Å². The van der Waals surface area contributed by atoms with Crippen molar-refractivity contribution in [3.63, 3.8) is 0 Å². The van der Waals surface area contributed by atoms with Gasteiger partial charge in [-0.2, -0.15) is 0 Å². The van der Waals surface area contributed by atoms with Gasteiger partial charge in [0.15, 0.2) is 0 Å². The van der Waals surface area contributed by atoms with Crippen LogP contribution in [0.5, 0.6) is 5.75 Å². The molecule has 0 fully saturated rings. The van der Waals surface area contributed by atoms with Gasteiger partial charge in [0, 0.05) is 17.3 Å². The highest BCUT2D eigenvalue weighted by atomic mass is 79.9. The number of fused-ring (bicyclic) bond motifs is 1. The predicted octanol–water partition coefficient (Wildman–Crippen LogP) is 2.69. The first kappa shape index (κ1) is 14.8. The first-order chi connectivity index (χ1) is 8.79. The Balaban J connectivity index is 2.20. The fraction of sp³-hybridized carbons (Fsp3) is 0.600. The maximum absolute atomic E-state index is 10.2. The van der Waals surface area contributed by atoms with Gasteiger partial charge in [-0.15, -0.1) is 0 Å². The van der Waals surface area contributed by atoms with Crippen molar-refractivity contribution in [2.75, 3.05) is 6.61 Å². The summed E-state index contributed by atoms with van der Waals surface area (Å²) in [4.78, 5) is 0. The lowest BCUT2D eigenvalue weighted by Crippen LogP contribution is -2.38. The Labute approximate surface area is 122 Å². The third-order valence-corrected chi connectivity index (χ3v) is 3.96. The number of hydrogen-bond donors (Lipinski definition) is 2. The van der Waals surface area contributed by atoms with Crippen molar-refractivity contribution in [1.82, 2.24) is 0 Å². The van der Waals surface area contributed by atoms with Crippen LogP contribution in [0.15, 0.2) is 16.6 Å². The van der Waals surface area contributed by atoms with Crippen LogP contribution in [0.1, 0.15) is 31.9 Å². The van der Waals surface area contributed by atoms with Crippen LogP contribution < -0.4 is 4.74 Å². The molecule has 4 heteroatoms. The first-order valence-electron chi connectivity index (χ1n) is 6.59. The van der Waals surface area contributed by atoms with Gasteiger partial charge in [0.25, 0.3) is 0 Å². The molecule has 1 aromatic carbocycles. The summed E-state index contributed by atoms with van der Waals surface area (Å²) in [6, 6.07) is 4.02. The third-order valence-electron chi connectivity index (χ3n) is 3.51. The summed E-state index contributed by atoms with van der Waals surface area (Å²) in [6.45, 7) is 6.45. The molecule has 0 aromatic heterocycles. The van der Waals surface area contributed by atoms with Crippen LogP contribution in [-0.4, -0.2) is 29.0 Å². The molecule has 19 heavy (non-hydrogen) atoms. The number of benzene rings is 1. The molecule has 2 atom stereocenters. The summed E-state index contributed by atoms with van der Waals surface area (Å²) in [5.74, 6) is 0.878. The van der Waals surface area contributed by atoms with E-state index in [9.17, 15) is 10.2 Å². The molecule has 2 rings (SSSR count). The minimum atomic E-state index is -0.789. The average molecular weight is 329 g/mol. The standard InChI is InChI=1S/C15H21BrO3/c1-15(2,3)14(18)12(17)8-10-7-11(16)6-9-4-5-19-13(9)10/h6-7,12,14,17-18H,4-5,8H2,1-3H3. The van der Waals surface area contributed by atoms with Crippen LogP contribution in [0.4, 0.5) is 0 Å². The Morgan fingerprint density at radius 2 is 2.00 bits per heavy atom. The quantitative estimate of drug-likeness (QED) is 0.896. The monoisotopic (exact) mass is 328 g/mol. The fourth-order valence-electron chi connectivity index (χ4n) is 2.41. The molecule has 2 unspecified atom stereocenters. The number of rotatable bonds is 3. The van der Waals surface area contributed by atoms with Gasteiger partial charge in [-0.1, -0.05) is 36.7 Å². The van der Waals surface area contributed by atoms with E-state index >= 15 is 0 Å². The zero-order valence-corrected chi connectivity index (χ0v) is 13.2. The molecular formula is C15H21BrO3. The van der Waals surface area contributed by atoms with Crippen LogP contribution in [0.25, 0.3) is 0 Å². The minimum Gasteiger partial charge on any atom is -0.493 e. The summed E-state index contributed by atoms with van der Waals surface area (Å²) in [6.07, 6.45) is -0.244. The predicted molar refractivity (Wildman–Crippen MR) is 78.5 cm³/mol. The van der Waals surface area contributed by atoms with E-state index in [1.165, 1.54) is 5.56 Å². The summed E-state index contributed by atoms with van der Waals surface area (Å²) in [7, 11) is 0. The Morgan fingerprint density at radius 3 is 2.63 bits per heavy atom. The van der Waals surface area contributed by atoms with Gasteiger partial charge < -0.3 is 14.9 Å². The van der Waals surface area contributed by atoms with Crippen LogP contribution in [0.3, 0.4) is 0 Å². The Hall–Kier alpha value is -0.580. The number of aliphatic hydroxyl groups excluding tert-OH is 2. The molecule has 3 nitrogen and oxygen atoms in total. The number of aliphatic hydroxyl groups is 2. The van der Waals surface area contributed by atoms with Crippen molar-refractivity contribution >= 4 is 15.9 Å². The lowest BCUT2D eigenvalue weighted by Gasteiger charge is -2.30. The lowest BCUT2D eigenvalue weighted by atomic mass is 9.84. The molecule has 0 radical (unpaired) electrons.